The number of rotatable bonds is 4. The zero-order valence-electron chi connectivity index (χ0n) is 15.6. The number of anilines is 2. The highest BCUT2D eigenvalue weighted by molar-refractivity contribution is 6.03. The molecule has 0 unspecified atom stereocenters. The molecule has 0 saturated carbocycles. The van der Waals surface area contributed by atoms with Crippen LogP contribution in [0.1, 0.15) is 60.3 Å². The van der Waals surface area contributed by atoms with Gasteiger partial charge in [0, 0.05) is 24.8 Å². The van der Waals surface area contributed by atoms with E-state index in [-0.39, 0.29) is 11.9 Å². The third kappa shape index (κ3) is 3.50. The summed E-state index contributed by atoms with van der Waals surface area (Å²) in [6, 6.07) is 1.97. The molecular weight excluding hydrogens is 316 g/mol. The van der Waals surface area contributed by atoms with E-state index < -0.39 is 0 Å². The standard InChI is InChI=1S/C18H26N6O/c1-11(2)24-14(5)16(13(4)22-24)21-17(25)15-10-12(3)19-18(20-15)23-8-6-7-9-23/h10-11H,6-9H2,1-5H3,(H,21,25). The highest BCUT2D eigenvalue weighted by atomic mass is 16.1. The van der Waals surface area contributed by atoms with E-state index in [4.69, 9.17) is 0 Å². The quantitative estimate of drug-likeness (QED) is 0.924. The molecule has 7 nitrogen and oxygen atoms in total. The second-order valence-corrected chi connectivity index (χ2v) is 6.93. The first-order valence-electron chi connectivity index (χ1n) is 8.84. The molecule has 134 valence electrons. The normalized spacial score (nSPS) is 14.4. The van der Waals surface area contributed by atoms with E-state index in [1.807, 2.05) is 25.5 Å². The van der Waals surface area contributed by atoms with Gasteiger partial charge in [0.15, 0.2) is 0 Å². The average molecular weight is 342 g/mol. The number of hydrogen-bond donors (Lipinski definition) is 1. The van der Waals surface area contributed by atoms with Crippen molar-refractivity contribution in [3.05, 3.63) is 28.8 Å². The molecule has 2 aromatic rings. The highest BCUT2D eigenvalue weighted by Crippen LogP contribution is 2.23. The van der Waals surface area contributed by atoms with Crippen LogP contribution in [0.3, 0.4) is 0 Å². The molecule has 0 aliphatic carbocycles. The van der Waals surface area contributed by atoms with Crippen molar-refractivity contribution >= 4 is 17.5 Å². The van der Waals surface area contributed by atoms with E-state index in [0.717, 1.165) is 48.7 Å². The Morgan fingerprint density at radius 1 is 1.16 bits per heavy atom. The summed E-state index contributed by atoms with van der Waals surface area (Å²) in [6.07, 6.45) is 2.29. The van der Waals surface area contributed by atoms with Crippen LogP contribution in [0.15, 0.2) is 6.07 Å². The van der Waals surface area contributed by atoms with Gasteiger partial charge >= 0.3 is 0 Å². The number of carbonyl (C=O) groups is 1. The summed E-state index contributed by atoms with van der Waals surface area (Å²) in [5.41, 5.74) is 3.72. The van der Waals surface area contributed by atoms with Crippen LogP contribution in [-0.4, -0.2) is 38.7 Å². The van der Waals surface area contributed by atoms with Gasteiger partial charge in [-0.3, -0.25) is 9.48 Å². The number of carbonyl (C=O) groups excluding carboxylic acids is 1. The Hall–Kier alpha value is -2.44. The van der Waals surface area contributed by atoms with E-state index >= 15 is 0 Å². The minimum Gasteiger partial charge on any atom is -0.341 e. The maximum atomic E-state index is 12.8. The first kappa shape index (κ1) is 17.4. The van der Waals surface area contributed by atoms with Gasteiger partial charge in [0.05, 0.1) is 17.1 Å². The second kappa shape index (κ2) is 6.82. The van der Waals surface area contributed by atoms with E-state index in [1.54, 1.807) is 6.07 Å². The zero-order chi connectivity index (χ0) is 18.1. The van der Waals surface area contributed by atoms with Gasteiger partial charge in [-0.2, -0.15) is 5.10 Å². The fourth-order valence-corrected chi connectivity index (χ4v) is 3.25. The molecule has 3 rings (SSSR count). The van der Waals surface area contributed by atoms with Crippen LogP contribution in [0.2, 0.25) is 0 Å². The Bertz CT molecular complexity index is 789. The minimum atomic E-state index is -0.222. The minimum absolute atomic E-state index is 0.222. The van der Waals surface area contributed by atoms with E-state index in [0.29, 0.717) is 11.6 Å². The van der Waals surface area contributed by atoms with E-state index in [2.05, 4.69) is 39.1 Å². The van der Waals surface area contributed by atoms with Crippen molar-refractivity contribution in [2.45, 2.75) is 53.5 Å². The fourth-order valence-electron chi connectivity index (χ4n) is 3.25. The Balaban J connectivity index is 1.87. The molecule has 1 saturated heterocycles. The van der Waals surface area contributed by atoms with Crippen LogP contribution in [0.25, 0.3) is 0 Å². The van der Waals surface area contributed by atoms with Gasteiger partial charge < -0.3 is 10.2 Å². The Labute approximate surface area is 148 Å². The molecule has 25 heavy (non-hydrogen) atoms. The van der Waals surface area contributed by atoms with Crippen LogP contribution in [-0.2, 0) is 0 Å². The molecule has 2 aromatic heterocycles. The number of nitrogens with one attached hydrogen (secondary N) is 1. The fraction of sp³-hybridized carbons (Fsp3) is 0.556. The molecule has 0 aromatic carbocycles. The van der Waals surface area contributed by atoms with Crippen molar-refractivity contribution in [2.75, 3.05) is 23.3 Å². The molecule has 1 N–H and O–H groups in total. The van der Waals surface area contributed by atoms with Crippen LogP contribution in [0.4, 0.5) is 11.6 Å². The van der Waals surface area contributed by atoms with E-state index in [9.17, 15) is 4.79 Å². The van der Waals surface area contributed by atoms with Crippen molar-refractivity contribution < 1.29 is 4.79 Å². The third-order valence-corrected chi connectivity index (χ3v) is 4.52. The van der Waals surface area contributed by atoms with E-state index in [1.165, 1.54) is 0 Å². The monoisotopic (exact) mass is 342 g/mol. The van der Waals surface area contributed by atoms with Crippen LogP contribution >= 0.6 is 0 Å². The second-order valence-electron chi connectivity index (χ2n) is 6.93. The Kier molecular flexibility index (Phi) is 4.74. The van der Waals surface area contributed by atoms with Gasteiger partial charge in [-0.15, -0.1) is 0 Å². The number of nitrogens with zero attached hydrogens (tertiary/aromatic N) is 5. The molecule has 0 bridgehead atoms. The zero-order valence-corrected chi connectivity index (χ0v) is 15.6. The molecule has 1 aliphatic rings. The van der Waals surface area contributed by atoms with Crippen LogP contribution < -0.4 is 10.2 Å². The Morgan fingerprint density at radius 2 is 1.84 bits per heavy atom. The molecule has 0 atom stereocenters. The maximum absolute atomic E-state index is 12.8. The summed E-state index contributed by atoms with van der Waals surface area (Å²) in [5.74, 6) is 0.425. The van der Waals surface area contributed by atoms with Crippen molar-refractivity contribution in [3.63, 3.8) is 0 Å². The molecule has 1 fully saturated rings. The Morgan fingerprint density at radius 3 is 2.44 bits per heavy atom. The molecule has 1 aliphatic heterocycles. The molecule has 0 radical (unpaired) electrons. The van der Waals surface area contributed by atoms with Crippen molar-refractivity contribution in [2.24, 2.45) is 0 Å². The summed E-state index contributed by atoms with van der Waals surface area (Å²) >= 11 is 0. The van der Waals surface area contributed by atoms with Crippen molar-refractivity contribution in [1.29, 1.82) is 0 Å². The summed E-state index contributed by atoms with van der Waals surface area (Å²) < 4.78 is 1.92. The number of hydrogen-bond acceptors (Lipinski definition) is 5. The maximum Gasteiger partial charge on any atom is 0.274 e. The van der Waals surface area contributed by atoms with Crippen molar-refractivity contribution in [1.82, 2.24) is 19.7 Å². The van der Waals surface area contributed by atoms with Gasteiger partial charge in [0.25, 0.3) is 5.91 Å². The average Bonchev–Trinajstić information content (AvgIpc) is 3.18. The number of aromatic nitrogens is 4. The summed E-state index contributed by atoms with van der Waals surface area (Å²) in [5, 5.41) is 7.50. The largest absolute Gasteiger partial charge is 0.341 e. The third-order valence-electron chi connectivity index (χ3n) is 4.52. The summed E-state index contributed by atoms with van der Waals surface area (Å²) in [7, 11) is 0. The molecule has 7 heteroatoms. The molecular formula is C18H26N6O. The summed E-state index contributed by atoms with van der Waals surface area (Å²) in [4.78, 5) is 23.9. The lowest BCUT2D eigenvalue weighted by molar-refractivity contribution is 0.102. The number of amides is 1. The van der Waals surface area contributed by atoms with Gasteiger partial charge in [0.2, 0.25) is 5.95 Å². The van der Waals surface area contributed by atoms with Crippen molar-refractivity contribution in [3.8, 4) is 0 Å². The predicted octanol–water partition coefficient (Wildman–Crippen LogP) is 3.03. The van der Waals surface area contributed by atoms with Crippen LogP contribution in [0.5, 0.6) is 0 Å². The molecule has 1 amide bonds. The first-order chi connectivity index (χ1) is 11.9. The lowest BCUT2D eigenvalue weighted by atomic mass is 10.2. The predicted molar refractivity (Wildman–Crippen MR) is 98.3 cm³/mol. The lowest BCUT2D eigenvalue weighted by Crippen LogP contribution is -2.23. The SMILES string of the molecule is Cc1cc(C(=O)Nc2c(C)nn(C(C)C)c2C)nc(N2CCCC2)n1. The van der Waals surface area contributed by atoms with Gasteiger partial charge in [-0.1, -0.05) is 0 Å². The molecule has 3 heterocycles. The van der Waals surface area contributed by atoms with Gasteiger partial charge in [0.1, 0.15) is 5.69 Å². The molecule has 0 spiro atoms. The summed E-state index contributed by atoms with van der Waals surface area (Å²) in [6.45, 7) is 11.8. The van der Waals surface area contributed by atoms with Gasteiger partial charge in [-0.05, 0) is 53.5 Å². The van der Waals surface area contributed by atoms with Gasteiger partial charge in [-0.25, -0.2) is 9.97 Å². The highest BCUT2D eigenvalue weighted by Gasteiger charge is 2.20. The smallest absolute Gasteiger partial charge is 0.274 e. The number of aryl methyl sites for hydroxylation is 2. The topological polar surface area (TPSA) is 75.9 Å². The van der Waals surface area contributed by atoms with Crippen LogP contribution in [0, 0.1) is 20.8 Å². The first-order valence-corrected chi connectivity index (χ1v) is 8.84. The lowest BCUT2D eigenvalue weighted by Gasteiger charge is -2.16.